The van der Waals surface area contributed by atoms with E-state index in [1.54, 1.807) is 0 Å². The van der Waals surface area contributed by atoms with Crippen LogP contribution in [0.1, 0.15) is 29.7 Å². The highest BCUT2D eigenvalue weighted by molar-refractivity contribution is 5.83. The Morgan fingerprint density at radius 2 is 1.73 bits per heavy atom. The minimum atomic E-state index is 0.0172. The lowest BCUT2D eigenvalue weighted by Crippen LogP contribution is -3.12. The molecule has 0 saturated heterocycles. The van der Waals surface area contributed by atoms with Crippen molar-refractivity contribution in [2.24, 2.45) is 0 Å². The van der Waals surface area contributed by atoms with Crippen molar-refractivity contribution in [1.82, 2.24) is 5.32 Å². The van der Waals surface area contributed by atoms with Crippen LogP contribution in [-0.2, 0) is 17.8 Å². The third-order valence-corrected chi connectivity index (χ3v) is 5.37. The van der Waals surface area contributed by atoms with Crippen LogP contribution in [0.5, 0.6) is 0 Å². The maximum absolute atomic E-state index is 12.5. The fourth-order valence-corrected chi connectivity index (χ4v) is 3.87. The van der Waals surface area contributed by atoms with Crippen LogP contribution < -0.4 is 10.2 Å². The van der Waals surface area contributed by atoms with Crippen molar-refractivity contribution in [3.8, 4) is 0 Å². The van der Waals surface area contributed by atoms with Crippen molar-refractivity contribution >= 4 is 16.7 Å². The predicted molar refractivity (Wildman–Crippen MR) is 105 cm³/mol. The number of amides is 1. The number of hydrogen-bond donors (Lipinski definition) is 2. The Bertz CT molecular complexity index is 934. The van der Waals surface area contributed by atoms with Crippen LogP contribution in [0, 0.1) is 0 Å². The van der Waals surface area contributed by atoms with Gasteiger partial charge in [0.2, 0.25) is 0 Å². The molecule has 0 fully saturated rings. The average molecular weight is 345 g/mol. The third kappa shape index (κ3) is 3.63. The highest BCUT2D eigenvalue weighted by Gasteiger charge is 2.22. The first-order valence-corrected chi connectivity index (χ1v) is 9.37. The maximum atomic E-state index is 12.5. The number of benzene rings is 3. The molecule has 4 rings (SSSR count). The van der Waals surface area contributed by atoms with Gasteiger partial charge in [-0.1, -0.05) is 60.7 Å². The van der Waals surface area contributed by atoms with Crippen LogP contribution in [0.2, 0.25) is 0 Å². The van der Waals surface area contributed by atoms with Gasteiger partial charge < -0.3 is 10.2 Å². The molecule has 3 aromatic rings. The van der Waals surface area contributed by atoms with Gasteiger partial charge in [0.25, 0.3) is 5.91 Å². The van der Waals surface area contributed by atoms with Crippen LogP contribution in [0.4, 0.5) is 0 Å². The second-order valence-electron chi connectivity index (χ2n) is 7.27. The zero-order chi connectivity index (χ0) is 17.9. The van der Waals surface area contributed by atoms with Crippen LogP contribution in [0.25, 0.3) is 10.8 Å². The molecule has 3 nitrogen and oxygen atoms in total. The minimum Gasteiger partial charge on any atom is -0.345 e. The monoisotopic (exact) mass is 345 g/mol. The SMILES string of the molecule is C[C@H](NC(=O)C[NH+]1CCc2ccccc2C1)c1ccc2ccccc2c1. The summed E-state index contributed by atoms with van der Waals surface area (Å²) in [6.07, 6.45) is 1.05. The highest BCUT2D eigenvalue weighted by Crippen LogP contribution is 2.20. The topological polar surface area (TPSA) is 33.5 Å². The minimum absolute atomic E-state index is 0.0172. The molecule has 1 aliphatic heterocycles. The van der Waals surface area contributed by atoms with E-state index in [0.29, 0.717) is 6.54 Å². The van der Waals surface area contributed by atoms with E-state index in [1.165, 1.54) is 26.8 Å². The molecule has 3 heteroatoms. The Morgan fingerprint density at radius 1 is 1.00 bits per heavy atom. The summed E-state index contributed by atoms with van der Waals surface area (Å²) >= 11 is 0. The Hall–Kier alpha value is -2.65. The highest BCUT2D eigenvalue weighted by atomic mass is 16.2. The summed E-state index contributed by atoms with van der Waals surface area (Å²) in [6, 6.07) is 23.3. The molecule has 1 heterocycles. The lowest BCUT2D eigenvalue weighted by Gasteiger charge is -2.26. The van der Waals surface area contributed by atoms with E-state index in [4.69, 9.17) is 0 Å². The van der Waals surface area contributed by atoms with Gasteiger partial charge in [0.15, 0.2) is 6.54 Å². The van der Waals surface area contributed by atoms with Gasteiger partial charge in [0.05, 0.1) is 12.6 Å². The zero-order valence-electron chi connectivity index (χ0n) is 15.2. The number of fused-ring (bicyclic) bond motifs is 2. The first kappa shape index (κ1) is 16.8. The maximum Gasteiger partial charge on any atom is 0.275 e. The molecular weight excluding hydrogens is 320 g/mol. The fraction of sp³-hybridized carbons (Fsp3) is 0.261. The van der Waals surface area contributed by atoms with Crippen molar-refractivity contribution in [2.75, 3.05) is 13.1 Å². The summed E-state index contributed by atoms with van der Waals surface area (Å²) in [4.78, 5) is 13.9. The predicted octanol–water partition coefficient (Wildman–Crippen LogP) is 2.66. The van der Waals surface area contributed by atoms with Gasteiger partial charge in [-0.25, -0.2) is 0 Å². The smallest absolute Gasteiger partial charge is 0.275 e. The van der Waals surface area contributed by atoms with Crippen molar-refractivity contribution in [3.05, 3.63) is 83.4 Å². The number of carbonyl (C=O) groups excluding carboxylic acids is 1. The Labute approximate surface area is 154 Å². The summed E-state index contributed by atoms with van der Waals surface area (Å²) in [6.45, 7) is 4.55. The summed E-state index contributed by atoms with van der Waals surface area (Å²) in [5, 5.41) is 5.61. The molecule has 26 heavy (non-hydrogen) atoms. The molecule has 3 aromatic carbocycles. The van der Waals surface area contributed by atoms with Crippen LogP contribution in [-0.4, -0.2) is 19.0 Å². The molecule has 1 unspecified atom stereocenters. The molecule has 2 atom stereocenters. The number of quaternary nitrogens is 1. The van der Waals surface area contributed by atoms with Gasteiger partial charge in [-0.15, -0.1) is 0 Å². The van der Waals surface area contributed by atoms with Gasteiger partial charge in [-0.2, -0.15) is 0 Å². The molecule has 0 bridgehead atoms. The summed E-state index contributed by atoms with van der Waals surface area (Å²) in [5.74, 6) is 0.125. The summed E-state index contributed by atoms with van der Waals surface area (Å²) < 4.78 is 0. The van der Waals surface area contributed by atoms with Gasteiger partial charge in [-0.05, 0) is 34.9 Å². The molecule has 0 spiro atoms. The number of hydrogen-bond acceptors (Lipinski definition) is 1. The van der Waals surface area contributed by atoms with E-state index in [9.17, 15) is 4.79 Å². The van der Waals surface area contributed by atoms with Crippen LogP contribution in [0.3, 0.4) is 0 Å². The van der Waals surface area contributed by atoms with E-state index in [2.05, 4.69) is 66.8 Å². The zero-order valence-corrected chi connectivity index (χ0v) is 15.2. The van der Waals surface area contributed by atoms with E-state index in [-0.39, 0.29) is 11.9 Å². The van der Waals surface area contributed by atoms with Gasteiger partial charge in [-0.3, -0.25) is 4.79 Å². The quantitative estimate of drug-likeness (QED) is 0.749. The second-order valence-corrected chi connectivity index (χ2v) is 7.27. The standard InChI is InChI=1S/C23H24N2O/c1-17(20-11-10-18-6-2-4-8-21(18)14-20)24-23(26)16-25-13-12-19-7-3-5-9-22(19)15-25/h2-11,14,17H,12-13,15-16H2,1H3,(H,24,26)/p+1/t17-/m0/s1. The molecule has 0 radical (unpaired) electrons. The Morgan fingerprint density at radius 3 is 2.58 bits per heavy atom. The molecule has 0 aromatic heterocycles. The lowest BCUT2D eigenvalue weighted by atomic mass is 10.00. The van der Waals surface area contributed by atoms with Crippen LogP contribution in [0.15, 0.2) is 66.7 Å². The molecule has 1 amide bonds. The first-order chi connectivity index (χ1) is 12.7. The molecular formula is C23H25N2O+. The Balaban J connectivity index is 1.38. The van der Waals surface area contributed by atoms with E-state index in [1.807, 2.05) is 12.1 Å². The van der Waals surface area contributed by atoms with Crippen molar-refractivity contribution < 1.29 is 9.69 Å². The van der Waals surface area contributed by atoms with E-state index in [0.717, 1.165) is 25.1 Å². The summed E-state index contributed by atoms with van der Waals surface area (Å²) in [5.41, 5.74) is 3.96. The fourth-order valence-electron chi connectivity index (χ4n) is 3.87. The van der Waals surface area contributed by atoms with E-state index >= 15 is 0 Å². The average Bonchev–Trinajstić information content (AvgIpc) is 2.67. The largest absolute Gasteiger partial charge is 0.345 e. The summed E-state index contributed by atoms with van der Waals surface area (Å²) in [7, 11) is 0. The molecule has 132 valence electrons. The van der Waals surface area contributed by atoms with Gasteiger partial charge in [0.1, 0.15) is 6.54 Å². The normalized spacial score (nSPS) is 17.5. The second kappa shape index (κ2) is 7.30. The molecule has 0 saturated carbocycles. The number of carbonyl (C=O) groups is 1. The van der Waals surface area contributed by atoms with Crippen LogP contribution >= 0.6 is 0 Å². The van der Waals surface area contributed by atoms with Crippen molar-refractivity contribution in [3.63, 3.8) is 0 Å². The van der Waals surface area contributed by atoms with E-state index < -0.39 is 0 Å². The molecule has 2 N–H and O–H groups in total. The third-order valence-electron chi connectivity index (χ3n) is 5.37. The number of nitrogens with one attached hydrogen (secondary N) is 2. The Kier molecular flexibility index (Phi) is 4.72. The van der Waals surface area contributed by atoms with Crippen molar-refractivity contribution in [1.29, 1.82) is 0 Å². The lowest BCUT2D eigenvalue weighted by molar-refractivity contribution is -0.908. The molecule has 1 aliphatic rings. The first-order valence-electron chi connectivity index (χ1n) is 9.37. The van der Waals surface area contributed by atoms with Crippen molar-refractivity contribution in [2.45, 2.75) is 25.9 Å². The molecule has 0 aliphatic carbocycles. The van der Waals surface area contributed by atoms with Gasteiger partial charge >= 0.3 is 0 Å². The van der Waals surface area contributed by atoms with Gasteiger partial charge in [0, 0.05) is 12.0 Å². The number of rotatable bonds is 4.